The summed E-state index contributed by atoms with van der Waals surface area (Å²) in [5.41, 5.74) is 0.213. The van der Waals surface area contributed by atoms with Crippen LogP contribution in [-0.2, 0) is 11.0 Å². The smallest absolute Gasteiger partial charge is 0.416 e. The number of furan rings is 1. The third-order valence-corrected chi connectivity index (χ3v) is 2.81. The van der Waals surface area contributed by atoms with Crippen LogP contribution in [0.5, 0.6) is 0 Å². The first-order valence-corrected chi connectivity index (χ1v) is 6.21. The van der Waals surface area contributed by atoms with Crippen LogP contribution < -0.4 is 0 Å². The van der Waals surface area contributed by atoms with Crippen LogP contribution in [0, 0.1) is 0 Å². The fraction of sp³-hybridized carbons (Fsp3) is 0.0625. The van der Waals surface area contributed by atoms with Gasteiger partial charge in [-0.1, -0.05) is 24.3 Å². The van der Waals surface area contributed by atoms with E-state index in [1.807, 2.05) is 0 Å². The molecule has 22 heavy (non-hydrogen) atoms. The topological polar surface area (TPSA) is 50.4 Å². The summed E-state index contributed by atoms with van der Waals surface area (Å²) in [7, 11) is 0. The van der Waals surface area contributed by atoms with E-state index in [0.29, 0.717) is 16.9 Å². The van der Waals surface area contributed by atoms with E-state index in [1.54, 1.807) is 12.1 Å². The minimum Gasteiger partial charge on any atom is -0.478 e. The van der Waals surface area contributed by atoms with Crippen molar-refractivity contribution in [3.05, 3.63) is 77.8 Å². The maximum Gasteiger partial charge on any atom is 0.416 e. The second-order valence-corrected chi connectivity index (χ2v) is 4.33. The zero-order valence-corrected chi connectivity index (χ0v) is 11.2. The Hall–Kier alpha value is -2.76. The van der Waals surface area contributed by atoms with Gasteiger partial charge in [-0.15, -0.1) is 0 Å². The molecule has 1 aromatic heterocycles. The van der Waals surface area contributed by atoms with E-state index in [9.17, 15) is 18.0 Å². The third kappa shape index (κ3) is 3.88. The summed E-state index contributed by atoms with van der Waals surface area (Å²) in [4.78, 5) is 10.5. The molecule has 0 aliphatic carbocycles. The molecule has 0 saturated heterocycles. The number of carboxylic acids is 1. The minimum absolute atomic E-state index is 0.426. The standard InChI is InChI=1S/C16H11F3O3/c17-16(18,19)12-8-6-11(7-9-12)13(3-1-5-15(20)21)14-4-2-10-22-14/h1-10H,(H,20,21)/b5-1+,13-3-. The van der Waals surface area contributed by atoms with Crippen molar-refractivity contribution in [3.8, 4) is 0 Å². The number of hydrogen-bond acceptors (Lipinski definition) is 2. The van der Waals surface area contributed by atoms with Crippen LogP contribution >= 0.6 is 0 Å². The van der Waals surface area contributed by atoms with Crippen LogP contribution in [0.1, 0.15) is 16.9 Å². The zero-order chi connectivity index (χ0) is 16.2. The first kappa shape index (κ1) is 15.6. The van der Waals surface area contributed by atoms with Crippen molar-refractivity contribution in [1.29, 1.82) is 0 Å². The summed E-state index contributed by atoms with van der Waals surface area (Å²) in [6.07, 6.45) is 0.699. The van der Waals surface area contributed by atoms with Gasteiger partial charge < -0.3 is 9.52 Å². The lowest BCUT2D eigenvalue weighted by Crippen LogP contribution is -2.04. The van der Waals surface area contributed by atoms with Gasteiger partial charge >= 0.3 is 12.1 Å². The van der Waals surface area contributed by atoms with Gasteiger partial charge in [0.2, 0.25) is 0 Å². The van der Waals surface area contributed by atoms with Gasteiger partial charge in [-0.2, -0.15) is 13.2 Å². The van der Waals surface area contributed by atoms with Crippen molar-refractivity contribution in [1.82, 2.24) is 0 Å². The third-order valence-electron chi connectivity index (χ3n) is 2.81. The number of aliphatic carboxylic acids is 1. The molecule has 0 amide bonds. The molecule has 6 heteroatoms. The monoisotopic (exact) mass is 308 g/mol. The van der Waals surface area contributed by atoms with Crippen molar-refractivity contribution in [2.24, 2.45) is 0 Å². The van der Waals surface area contributed by atoms with Gasteiger partial charge in [0.15, 0.2) is 0 Å². The summed E-state index contributed by atoms with van der Waals surface area (Å²) in [5.74, 6) is -0.697. The Bertz CT molecular complexity index is 693. The van der Waals surface area contributed by atoms with Gasteiger partial charge in [0.1, 0.15) is 5.76 Å². The molecule has 0 radical (unpaired) electrons. The van der Waals surface area contributed by atoms with Crippen LogP contribution in [0.25, 0.3) is 5.57 Å². The van der Waals surface area contributed by atoms with Crippen molar-refractivity contribution in [2.45, 2.75) is 6.18 Å². The van der Waals surface area contributed by atoms with Crippen molar-refractivity contribution < 1.29 is 27.5 Å². The van der Waals surface area contributed by atoms with E-state index in [2.05, 4.69) is 0 Å². The van der Waals surface area contributed by atoms with Gasteiger partial charge in [0.25, 0.3) is 0 Å². The highest BCUT2D eigenvalue weighted by atomic mass is 19.4. The highest BCUT2D eigenvalue weighted by Gasteiger charge is 2.30. The Morgan fingerprint density at radius 3 is 2.32 bits per heavy atom. The number of hydrogen-bond donors (Lipinski definition) is 1. The molecule has 1 N–H and O–H groups in total. The lowest BCUT2D eigenvalue weighted by molar-refractivity contribution is -0.137. The molecule has 0 aliphatic rings. The quantitative estimate of drug-likeness (QED) is 0.674. The predicted octanol–water partition coefficient (Wildman–Crippen LogP) is 4.37. The molecule has 0 bridgehead atoms. The summed E-state index contributed by atoms with van der Waals surface area (Å²) in [6.45, 7) is 0. The lowest BCUT2D eigenvalue weighted by atomic mass is 10.0. The average Bonchev–Trinajstić information content (AvgIpc) is 2.96. The molecule has 114 valence electrons. The molecule has 0 fully saturated rings. The average molecular weight is 308 g/mol. The van der Waals surface area contributed by atoms with Crippen LogP contribution in [0.4, 0.5) is 13.2 Å². The molecular weight excluding hydrogens is 297 g/mol. The fourth-order valence-corrected chi connectivity index (χ4v) is 1.82. The molecule has 2 aromatic rings. The normalized spacial score (nSPS) is 12.8. The van der Waals surface area contributed by atoms with Gasteiger partial charge in [-0.05, 0) is 29.8 Å². The molecule has 0 unspecified atom stereocenters. The predicted molar refractivity (Wildman–Crippen MR) is 74.0 cm³/mol. The van der Waals surface area contributed by atoms with E-state index >= 15 is 0 Å². The second kappa shape index (κ2) is 6.34. The van der Waals surface area contributed by atoms with Gasteiger partial charge in [-0.3, -0.25) is 0 Å². The van der Waals surface area contributed by atoms with Crippen LogP contribution in [0.2, 0.25) is 0 Å². The maximum absolute atomic E-state index is 12.6. The van der Waals surface area contributed by atoms with E-state index in [4.69, 9.17) is 9.52 Å². The van der Waals surface area contributed by atoms with E-state index in [1.165, 1.54) is 30.5 Å². The van der Waals surface area contributed by atoms with E-state index < -0.39 is 17.7 Å². The SMILES string of the molecule is O=C(O)/C=C/C=C(/c1ccc(C(F)(F)F)cc1)c1ccco1. The molecule has 0 saturated carbocycles. The van der Waals surface area contributed by atoms with Gasteiger partial charge in [0, 0.05) is 11.6 Å². The van der Waals surface area contributed by atoms with E-state index in [-0.39, 0.29) is 0 Å². The molecule has 1 aromatic carbocycles. The summed E-state index contributed by atoms with van der Waals surface area (Å²) in [5, 5.41) is 8.59. The van der Waals surface area contributed by atoms with Crippen LogP contribution in [-0.4, -0.2) is 11.1 Å². The fourth-order valence-electron chi connectivity index (χ4n) is 1.82. The number of carboxylic acid groups (broad SMARTS) is 1. The highest BCUT2D eigenvalue weighted by molar-refractivity contribution is 5.82. The Morgan fingerprint density at radius 1 is 1.14 bits per heavy atom. The first-order chi connectivity index (χ1) is 10.4. The first-order valence-electron chi connectivity index (χ1n) is 6.21. The van der Waals surface area contributed by atoms with E-state index in [0.717, 1.165) is 18.2 Å². The molecule has 0 aliphatic heterocycles. The molecule has 0 atom stereocenters. The molecule has 2 rings (SSSR count). The number of halogens is 3. The highest BCUT2D eigenvalue weighted by Crippen LogP contribution is 2.31. The van der Waals surface area contributed by atoms with Crippen molar-refractivity contribution >= 4 is 11.5 Å². The Labute approximate surface area is 124 Å². The van der Waals surface area contributed by atoms with Gasteiger partial charge in [0.05, 0.1) is 11.8 Å². The maximum atomic E-state index is 12.6. The molecular formula is C16H11F3O3. The van der Waals surface area contributed by atoms with Crippen LogP contribution in [0.15, 0.2) is 65.3 Å². The minimum atomic E-state index is -4.41. The van der Waals surface area contributed by atoms with Crippen molar-refractivity contribution in [2.75, 3.05) is 0 Å². The lowest BCUT2D eigenvalue weighted by Gasteiger charge is -2.09. The summed E-state index contributed by atoms with van der Waals surface area (Å²) >= 11 is 0. The van der Waals surface area contributed by atoms with Crippen molar-refractivity contribution in [3.63, 3.8) is 0 Å². The number of carbonyl (C=O) groups is 1. The van der Waals surface area contributed by atoms with Gasteiger partial charge in [-0.25, -0.2) is 4.79 Å². The largest absolute Gasteiger partial charge is 0.478 e. The number of allylic oxidation sites excluding steroid dienone is 2. The second-order valence-electron chi connectivity index (χ2n) is 4.33. The molecule has 3 nitrogen and oxygen atoms in total. The molecule has 1 heterocycles. The summed E-state index contributed by atoms with van der Waals surface area (Å²) in [6, 6.07) is 7.82. The van der Waals surface area contributed by atoms with Crippen LogP contribution in [0.3, 0.4) is 0 Å². The number of rotatable bonds is 4. The Kier molecular flexibility index (Phi) is 4.50. The number of alkyl halides is 3. The molecule has 0 spiro atoms. The number of benzene rings is 1. The summed E-state index contributed by atoms with van der Waals surface area (Å²) < 4.78 is 43.0. The zero-order valence-electron chi connectivity index (χ0n) is 11.2. The Morgan fingerprint density at radius 2 is 1.82 bits per heavy atom. The Balaban J connectivity index is 2.40.